The molecule has 0 radical (unpaired) electrons. The van der Waals surface area contributed by atoms with Crippen molar-refractivity contribution < 1.29 is 4.42 Å². The smallest absolute Gasteiger partial charge is 0.164 e. The van der Waals surface area contributed by atoms with Gasteiger partial charge in [-0.25, -0.2) is 15.0 Å². The summed E-state index contributed by atoms with van der Waals surface area (Å²) in [6, 6.07) is 79.4. The van der Waals surface area contributed by atoms with Gasteiger partial charge in [-0.2, -0.15) is 0 Å². The first-order chi connectivity index (χ1) is 32.7. The monoisotopic (exact) mass is 859 g/mol. The van der Waals surface area contributed by atoms with Crippen molar-refractivity contribution in [2.45, 2.75) is 0 Å². The van der Waals surface area contributed by atoms with Gasteiger partial charge in [-0.15, -0.1) is 11.3 Å². The highest BCUT2D eigenvalue weighted by molar-refractivity contribution is 7.25. The normalized spacial score (nSPS) is 11.6. The van der Waals surface area contributed by atoms with Gasteiger partial charge in [0.05, 0.1) is 0 Å². The lowest BCUT2D eigenvalue weighted by molar-refractivity contribution is 0.669. The first-order valence-electron chi connectivity index (χ1n) is 22.2. The van der Waals surface area contributed by atoms with Crippen molar-refractivity contribution >= 4 is 64.2 Å². The van der Waals surface area contributed by atoms with Crippen molar-refractivity contribution in [1.82, 2.24) is 15.0 Å². The van der Waals surface area contributed by atoms with E-state index in [4.69, 9.17) is 19.4 Å². The fraction of sp³-hybridized carbons (Fsp3) is 0. The lowest BCUT2D eigenvalue weighted by Crippen LogP contribution is -2.00. The lowest BCUT2D eigenvalue weighted by atomic mass is 9.86. The highest BCUT2D eigenvalue weighted by Crippen LogP contribution is 2.44. The van der Waals surface area contributed by atoms with E-state index in [2.05, 4.69) is 194 Å². The van der Waals surface area contributed by atoms with Gasteiger partial charge in [0.1, 0.15) is 11.2 Å². The lowest BCUT2D eigenvalue weighted by Gasteiger charge is -2.17. The van der Waals surface area contributed by atoms with Gasteiger partial charge >= 0.3 is 0 Å². The van der Waals surface area contributed by atoms with Crippen molar-refractivity contribution in [3.8, 4) is 78.7 Å². The summed E-state index contributed by atoms with van der Waals surface area (Å²) in [7, 11) is 0. The van der Waals surface area contributed by atoms with E-state index in [1.54, 1.807) is 11.3 Å². The summed E-state index contributed by atoms with van der Waals surface area (Å²) in [6.45, 7) is 0. The summed E-state index contributed by atoms with van der Waals surface area (Å²) in [5.74, 6) is 1.83. The predicted octanol–water partition coefficient (Wildman–Crippen LogP) is 17.0. The molecule has 4 nitrogen and oxygen atoms in total. The maximum atomic E-state index is 6.75. The number of aromatic nitrogens is 3. The number of hydrogen-bond acceptors (Lipinski definition) is 5. The summed E-state index contributed by atoms with van der Waals surface area (Å²) < 4.78 is 9.18. The van der Waals surface area contributed by atoms with Gasteiger partial charge in [0.25, 0.3) is 0 Å². The molecule has 66 heavy (non-hydrogen) atoms. The Labute approximate surface area is 384 Å². The fourth-order valence-electron chi connectivity index (χ4n) is 9.63. The second-order valence-corrected chi connectivity index (χ2v) is 17.8. The summed E-state index contributed by atoms with van der Waals surface area (Å²) in [5, 5.41) is 6.89. The zero-order valence-corrected chi connectivity index (χ0v) is 36.3. The topological polar surface area (TPSA) is 51.8 Å². The minimum Gasteiger partial charge on any atom is -0.456 e. The predicted molar refractivity (Wildman–Crippen MR) is 276 cm³/mol. The molecule has 0 fully saturated rings. The maximum absolute atomic E-state index is 6.75. The second kappa shape index (κ2) is 15.6. The van der Waals surface area contributed by atoms with E-state index < -0.39 is 0 Å². The molecule has 3 heterocycles. The Morgan fingerprint density at radius 1 is 0.303 bits per heavy atom. The third-order valence-corrected chi connectivity index (χ3v) is 13.9. The molecule has 308 valence electrons. The Balaban J connectivity index is 0.937. The molecule has 0 aliphatic heterocycles. The molecule has 0 bridgehead atoms. The number of fused-ring (bicyclic) bond motifs is 7. The Bertz CT molecular complexity index is 3990. The number of nitrogens with zero attached hydrogens (tertiary/aromatic N) is 3. The van der Waals surface area contributed by atoms with Gasteiger partial charge in [0.15, 0.2) is 17.5 Å². The summed E-state index contributed by atoms with van der Waals surface area (Å²) in [4.78, 5) is 15.6. The standard InChI is InChI=1S/C61H37N3OS/c1-4-15-38(16-5-1)42-30-34-55-52(35-42)48-31-29-44(37-56(48)66-55)60-62-59(41-20-8-3-9-21-41)63-61(64-60)51-25-14-26-53-58(51)50-33-28-43(36-54(50)65-53)45-22-12-13-24-47(45)49-32-27-39-17-10-11-23-46(39)57(49)40-18-6-2-7-19-40/h1-37H. The number of rotatable bonds is 7. The van der Waals surface area contributed by atoms with E-state index in [-0.39, 0.29) is 0 Å². The average Bonchev–Trinajstić information content (AvgIpc) is 3.96. The maximum Gasteiger partial charge on any atom is 0.164 e. The highest BCUT2D eigenvalue weighted by Gasteiger charge is 2.21. The molecular formula is C61H37N3OS. The number of thiophene rings is 1. The van der Waals surface area contributed by atoms with Crippen LogP contribution in [0.2, 0.25) is 0 Å². The number of hydrogen-bond donors (Lipinski definition) is 0. The van der Waals surface area contributed by atoms with Crippen molar-refractivity contribution in [3.05, 3.63) is 224 Å². The molecular weight excluding hydrogens is 823 g/mol. The third-order valence-electron chi connectivity index (χ3n) is 12.8. The zero-order valence-electron chi connectivity index (χ0n) is 35.5. The zero-order chi connectivity index (χ0) is 43.6. The molecule has 0 unspecified atom stereocenters. The SMILES string of the molecule is c1ccc(-c2ccc3sc4cc(-c5nc(-c6ccccc6)nc(-c6cccc7oc8cc(-c9ccccc9-c9ccc%10ccccc%10c9-c9ccccc9)ccc8c67)n5)ccc4c3c2)cc1. The minimum atomic E-state index is 0.593. The minimum absolute atomic E-state index is 0.593. The Kier molecular flexibility index (Phi) is 9.00. The molecule has 0 spiro atoms. The number of furan rings is 1. The van der Waals surface area contributed by atoms with Crippen molar-refractivity contribution in [1.29, 1.82) is 0 Å². The molecule has 0 saturated carbocycles. The van der Waals surface area contributed by atoms with E-state index in [0.29, 0.717) is 17.5 Å². The Hall–Kier alpha value is -8.51. The van der Waals surface area contributed by atoms with E-state index in [0.717, 1.165) is 55.3 Å². The Morgan fingerprint density at radius 3 is 1.76 bits per heavy atom. The van der Waals surface area contributed by atoms with E-state index in [1.165, 1.54) is 58.8 Å². The summed E-state index contributed by atoms with van der Waals surface area (Å²) in [5.41, 5.74) is 13.7. The molecule has 0 amide bonds. The van der Waals surface area contributed by atoms with Gasteiger partial charge in [-0.3, -0.25) is 0 Å². The molecule has 13 aromatic rings. The van der Waals surface area contributed by atoms with Gasteiger partial charge in [0, 0.05) is 47.6 Å². The van der Waals surface area contributed by atoms with Gasteiger partial charge < -0.3 is 4.42 Å². The van der Waals surface area contributed by atoms with Crippen molar-refractivity contribution in [2.24, 2.45) is 0 Å². The number of benzene rings is 10. The molecule has 0 aliphatic carbocycles. The van der Waals surface area contributed by atoms with Gasteiger partial charge in [-0.1, -0.05) is 188 Å². The molecule has 3 aromatic heterocycles. The van der Waals surface area contributed by atoms with E-state index in [1.807, 2.05) is 30.3 Å². The van der Waals surface area contributed by atoms with Crippen LogP contribution in [0, 0.1) is 0 Å². The average molecular weight is 860 g/mol. The molecule has 13 rings (SSSR count). The molecule has 0 atom stereocenters. The first kappa shape index (κ1) is 38.0. The third kappa shape index (κ3) is 6.48. The van der Waals surface area contributed by atoms with E-state index >= 15 is 0 Å². The van der Waals surface area contributed by atoms with Crippen molar-refractivity contribution in [2.75, 3.05) is 0 Å². The van der Waals surface area contributed by atoms with Crippen LogP contribution in [-0.4, -0.2) is 15.0 Å². The fourth-order valence-corrected chi connectivity index (χ4v) is 10.8. The highest BCUT2D eigenvalue weighted by atomic mass is 32.1. The van der Waals surface area contributed by atoms with Crippen LogP contribution < -0.4 is 0 Å². The molecule has 0 saturated heterocycles. The summed E-state index contributed by atoms with van der Waals surface area (Å²) >= 11 is 1.80. The molecule has 10 aromatic carbocycles. The van der Waals surface area contributed by atoms with Crippen molar-refractivity contribution in [3.63, 3.8) is 0 Å². The molecule has 0 N–H and O–H groups in total. The van der Waals surface area contributed by atoms with Crippen LogP contribution in [0.25, 0.3) is 132 Å². The van der Waals surface area contributed by atoms with Crippen LogP contribution in [-0.2, 0) is 0 Å². The van der Waals surface area contributed by atoms with Crippen LogP contribution >= 0.6 is 11.3 Å². The van der Waals surface area contributed by atoms with Gasteiger partial charge in [-0.05, 0) is 91.7 Å². The second-order valence-electron chi connectivity index (χ2n) is 16.7. The summed E-state index contributed by atoms with van der Waals surface area (Å²) in [6.07, 6.45) is 0. The molecule has 0 aliphatic rings. The Morgan fingerprint density at radius 2 is 0.939 bits per heavy atom. The first-order valence-corrected chi connectivity index (χ1v) is 23.0. The molecule has 5 heteroatoms. The van der Waals surface area contributed by atoms with Crippen LogP contribution in [0.15, 0.2) is 229 Å². The van der Waals surface area contributed by atoms with E-state index in [9.17, 15) is 0 Å². The quantitative estimate of drug-likeness (QED) is 0.160. The van der Waals surface area contributed by atoms with Crippen LogP contribution in [0.1, 0.15) is 0 Å². The van der Waals surface area contributed by atoms with Crippen LogP contribution in [0.4, 0.5) is 0 Å². The van der Waals surface area contributed by atoms with Gasteiger partial charge in [0.2, 0.25) is 0 Å². The largest absolute Gasteiger partial charge is 0.456 e. The van der Waals surface area contributed by atoms with Crippen LogP contribution in [0.3, 0.4) is 0 Å². The van der Waals surface area contributed by atoms with Crippen LogP contribution in [0.5, 0.6) is 0 Å².